The summed E-state index contributed by atoms with van der Waals surface area (Å²) in [6, 6.07) is 0. The molecular formula is C14H24N2O3. The fourth-order valence-corrected chi connectivity index (χ4v) is 3.07. The van der Waals surface area contributed by atoms with Gasteiger partial charge in [-0.05, 0) is 26.2 Å². The van der Waals surface area contributed by atoms with Crippen LogP contribution in [0.2, 0.25) is 0 Å². The van der Waals surface area contributed by atoms with Crippen LogP contribution in [0.4, 0.5) is 0 Å². The van der Waals surface area contributed by atoms with E-state index < -0.39 is 5.54 Å². The molecule has 5 heteroatoms. The summed E-state index contributed by atoms with van der Waals surface area (Å²) in [4.78, 5) is 26.7. The number of ether oxygens (including phenoxy) is 1. The molecule has 1 atom stereocenters. The predicted octanol–water partition coefficient (Wildman–Crippen LogP) is 1.07. The van der Waals surface area contributed by atoms with Crippen molar-refractivity contribution in [1.29, 1.82) is 0 Å². The molecule has 0 aromatic rings. The highest BCUT2D eigenvalue weighted by molar-refractivity contribution is 5.94. The standard InChI is InChI=1S/C14H24N2O3/c1-4-14(5-2)12(18)16(8-6-11(17)15-14)13(3)7-9-19-10-13/h4-10H2,1-3H3,(H,15,17). The van der Waals surface area contributed by atoms with Gasteiger partial charge in [0.1, 0.15) is 5.54 Å². The predicted molar refractivity (Wildman–Crippen MR) is 71.6 cm³/mol. The Balaban J connectivity index is 2.33. The first kappa shape index (κ1) is 14.3. The Morgan fingerprint density at radius 1 is 1.32 bits per heavy atom. The van der Waals surface area contributed by atoms with E-state index in [4.69, 9.17) is 4.74 Å². The maximum atomic E-state index is 12.9. The number of nitrogens with zero attached hydrogens (tertiary/aromatic N) is 1. The first-order valence-electron chi connectivity index (χ1n) is 7.18. The Kier molecular flexibility index (Phi) is 3.85. The molecule has 108 valence electrons. The lowest BCUT2D eigenvalue weighted by Gasteiger charge is -2.41. The topological polar surface area (TPSA) is 58.6 Å². The molecule has 0 spiro atoms. The van der Waals surface area contributed by atoms with Gasteiger partial charge >= 0.3 is 0 Å². The summed E-state index contributed by atoms with van der Waals surface area (Å²) in [6.07, 6.45) is 2.47. The molecule has 0 saturated carbocycles. The van der Waals surface area contributed by atoms with Gasteiger partial charge in [-0.1, -0.05) is 13.8 Å². The number of hydrogen-bond acceptors (Lipinski definition) is 3. The third-order valence-corrected chi connectivity index (χ3v) is 4.65. The van der Waals surface area contributed by atoms with Gasteiger partial charge in [-0.2, -0.15) is 0 Å². The van der Waals surface area contributed by atoms with Crippen LogP contribution in [0.15, 0.2) is 0 Å². The lowest BCUT2D eigenvalue weighted by Crippen LogP contribution is -2.61. The second kappa shape index (κ2) is 5.12. The Hall–Kier alpha value is -1.10. The fourth-order valence-electron chi connectivity index (χ4n) is 3.07. The van der Waals surface area contributed by atoms with E-state index in [0.29, 0.717) is 39.0 Å². The molecule has 5 nitrogen and oxygen atoms in total. The first-order chi connectivity index (χ1) is 8.97. The van der Waals surface area contributed by atoms with Crippen molar-refractivity contribution in [3.63, 3.8) is 0 Å². The highest BCUT2D eigenvalue weighted by atomic mass is 16.5. The molecule has 0 aromatic carbocycles. The molecule has 0 aliphatic carbocycles. The van der Waals surface area contributed by atoms with Gasteiger partial charge < -0.3 is 15.0 Å². The minimum Gasteiger partial charge on any atom is -0.379 e. The van der Waals surface area contributed by atoms with Crippen molar-refractivity contribution in [3.8, 4) is 0 Å². The number of carbonyl (C=O) groups excluding carboxylic acids is 2. The molecule has 2 rings (SSSR count). The Morgan fingerprint density at radius 2 is 2.00 bits per heavy atom. The molecular weight excluding hydrogens is 244 g/mol. The quantitative estimate of drug-likeness (QED) is 0.833. The van der Waals surface area contributed by atoms with Crippen LogP contribution in [0, 0.1) is 0 Å². The highest BCUT2D eigenvalue weighted by Gasteiger charge is 2.48. The molecule has 1 N–H and O–H groups in total. The minimum atomic E-state index is -0.737. The van der Waals surface area contributed by atoms with E-state index in [9.17, 15) is 9.59 Å². The monoisotopic (exact) mass is 268 g/mol. The minimum absolute atomic E-state index is 0.0259. The highest BCUT2D eigenvalue weighted by Crippen LogP contribution is 2.31. The van der Waals surface area contributed by atoms with E-state index in [1.807, 2.05) is 18.7 Å². The molecule has 2 heterocycles. The largest absolute Gasteiger partial charge is 0.379 e. The zero-order valence-corrected chi connectivity index (χ0v) is 12.1. The van der Waals surface area contributed by atoms with Gasteiger partial charge in [0, 0.05) is 19.6 Å². The van der Waals surface area contributed by atoms with Crippen molar-refractivity contribution in [2.45, 2.75) is 57.5 Å². The summed E-state index contributed by atoms with van der Waals surface area (Å²) in [7, 11) is 0. The molecule has 0 bridgehead atoms. The summed E-state index contributed by atoms with van der Waals surface area (Å²) in [5.74, 6) is 0.0263. The van der Waals surface area contributed by atoms with E-state index in [1.165, 1.54) is 0 Å². The summed E-state index contributed by atoms with van der Waals surface area (Å²) < 4.78 is 5.47. The van der Waals surface area contributed by atoms with E-state index in [-0.39, 0.29) is 17.4 Å². The van der Waals surface area contributed by atoms with Crippen molar-refractivity contribution < 1.29 is 14.3 Å². The molecule has 2 saturated heterocycles. The lowest BCUT2D eigenvalue weighted by molar-refractivity contribution is -0.144. The third-order valence-electron chi connectivity index (χ3n) is 4.65. The summed E-state index contributed by atoms with van der Waals surface area (Å²) in [6.45, 7) is 7.72. The average molecular weight is 268 g/mol. The normalized spacial score (nSPS) is 31.2. The molecule has 2 aliphatic heterocycles. The van der Waals surface area contributed by atoms with Crippen molar-refractivity contribution in [1.82, 2.24) is 10.2 Å². The Bertz CT molecular complexity index is 371. The Labute approximate surface area is 114 Å². The number of carbonyl (C=O) groups is 2. The molecule has 19 heavy (non-hydrogen) atoms. The van der Waals surface area contributed by atoms with Gasteiger partial charge in [0.25, 0.3) is 0 Å². The van der Waals surface area contributed by atoms with Crippen molar-refractivity contribution >= 4 is 11.8 Å². The molecule has 1 unspecified atom stereocenters. The van der Waals surface area contributed by atoms with Crippen molar-refractivity contribution in [2.75, 3.05) is 19.8 Å². The van der Waals surface area contributed by atoms with Crippen LogP contribution >= 0.6 is 0 Å². The van der Waals surface area contributed by atoms with Gasteiger partial charge in [0.15, 0.2) is 0 Å². The molecule has 2 aliphatic rings. The average Bonchev–Trinajstić information content (AvgIpc) is 2.78. The van der Waals surface area contributed by atoms with Gasteiger partial charge in [-0.3, -0.25) is 9.59 Å². The maximum absolute atomic E-state index is 12.9. The molecule has 0 radical (unpaired) electrons. The van der Waals surface area contributed by atoms with Gasteiger partial charge in [0.05, 0.1) is 12.1 Å². The van der Waals surface area contributed by atoms with Crippen LogP contribution in [0.25, 0.3) is 0 Å². The summed E-state index contributed by atoms with van der Waals surface area (Å²) >= 11 is 0. The third kappa shape index (κ3) is 2.36. The zero-order chi connectivity index (χ0) is 14.1. The molecule has 2 fully saturated rings. The second-order valence-corrected chi connectivity index (χ2v) is 5.84. The van der Waals surface area contributed by atoms with Crippen LogP contribution in [-0.2, 0) is 14.3 Å². The number of amides is 2. The van der Waals surface area contributed by atoms with Crippen LogP contribution in [0.5, 0.6) is 0 Å². The number of nitrogens with one attached hydrogen (secondary N) is 1. The van der Waals surface area contributed by atoms with Crippen LogP contribution in [0.1, 0.15) is 46.5 Å². The van der Waals surface area contributed by atoms with E-state index in [0.717, 1.165) is 6.42 Å². The first-order valence-corrected chi connectivity index (χ1v) is 7.18. The van der Waals surface area contributed by atoms with Crippen molar-refractivity contribution in [3.05, 3.63) is 0 Å². The Morgan fingerprint density at radius 3 is 2.53 bits per heavy atom. The molecule has 2 amide bonds. The van der Waals surface area contributed by atoms with Crippen LogP contribution in [0.3, 0.4) is 0 Å². The fraction of sp³-hybridized carbons (Fsp3) is 0.857. The van der Waals surface area contributed by atoms with Gasteiger partial charge in [-0.25, -0.2) is 0 Å². The van der Waals surface area contributed by atoms with E-state index >= 15 is 0 Å². The van der Waals surface area contributed by atoms with Gasteiger partial charge in [-0.15, -0.1) is 0 Å². The van der Waals surface area contributed by atoms with Crippen LogP contribution in [-0.4, -0.2) is 47.6 Å². The van der Waals surface area contributed by atoms with Gasteiger partial charge in [0.2, 0.25) is 11.8 Å². The summed E-state index contributed by atoms with van der Waals surface area (Å²) in [5, 5.41) is 2.94. The van der Waals surface area contributed by atoms with E-state index in [2.05, 4.69) is 12.2 Å². The van der Waals surface area contributed by atoms with Crippen molar-refractivity contribution in [2.24, 2.45) is 0 Å². The smallest absolute Gasteiger partial charge is 0.248 e. The van der Waals surface area contributed by atoms with Crippen LogP contribution < -0.4 is 5.32 Å². The number of hydrogen-bond donors (Lipinski definition) is 1. The number of rotatable bonds is 3. The summed E-state index contributed by atoms with van der Waals surface area (Å²) in [5.41, 5.74) is -1.00. The maximum Gasteiger partial charge on any atom is 0.248 e. The zero-order valence-electron chi connectivity index (χ0n) is 12.1. The lowest BCUT2D eigenvalue weighted by atomic mass is 9.88. The SMILES string of the molecule is CCC1(CC)NC(=O)CCN(C2(C)CCOC2)C1=O. The molecule has 0 aromatic heterocycles. The van der Waals surface area contributed by atoms with E-state index in [1.54, 1.807) is 0 Å². The second-order valence-electron chi connectivity index (χ2n) is 5.84.